The van der Waals surface area contributed by atoms with Crippen molar-refractivity contribution in [2.45, 2.75) is 45.6 Å². The third-order valence-corrected chi connectivity index (χ3v) is 4.11. The Morgan fingerprint density at radius 2 is 2.00 bits per heavy atom. The molecule has 3 nitrogen and oxygen atoms in total. The summed E-state index contributed by atoms with van der Waals surface area (Å²) in [6.45, 7) is 8.33. The number of imidazole rings is 1. The van der Waals surface area contributed by atoms with Crippen molar-refractivity contribution in [2.75, 3.05) is 13.2 Å². The topological polar surface area (TPSA) is 27.1 Å². The maximum Gasteiger partial charge on any atom is 0.106 e. The molecule has 0 N–H and O–H groups in total. The zero-order valence-corrected chi connectivity index (χ0v) is 12.0. The Kier molecular flexibility index (Phi) is 3.31. The van der Waals surface area contributed by atoms with E-state index in [2.05, 4.69) is 43.5 Å². The van der Waals surface area contributed by atoms with Crippen LogP contribution in [0.15, 0.2) is 18.2 Å². The highest BCUT2D eigenvalue weighted by Crippen LogP contribution is 2.29. The van der Waals surface area contributed by atoms with E-state index >= 15 is 0 Å². The molecule has 1 aromatic heterocycles. The average molecular weight is 258 g/mol. The maximum absolute atomic E-state index is 5.48. The zero-order valence-electron chi connectivity index (χ0n) is 12.0. The first-order valence-corrected chi connectivity index (χ1v) is 7.23. The molecular weight excluding hydrogens is 236 g/mol. The largest absolute Gasteiger partial charge is 0.381 e. The first-order valence-electron chi connectivity index (χ1n) is 7.23. The molecule has 2 aromatic rings. The normalized spacial score (nSPS) is 17.5. The van der Waals surface area contributed by atoms with Crippen molar-refractivity contribution >= 4 is 11.0 Å². The summed E-state index contributed by atoms with van der Waals surface area (Å²) in [5.74, 6) is 1.69. The molecule has 1 aliphatic rings. The molecule has 0 aliphatic carbocycles. The number of aryl methyl sites for hydroxylation is 1. The number of nitrogens with zero attached hydrogens (tertiary/aromatic N) is 2. The van der Waals surface area contributed by atoms with E-state index in [0.717, 1.165) is 37.4 Å². The summed E-state index contributed by atoms with van der Waals surface area (Å²) in [5.41, 5.74) is 3.80. The molecule has 0 atom stereocenters. The Morgan fingerprint density at radius 3 is 2.68 bits per heavy atom. The van der Waals surface area contributed by atoms with Crippen molar-refractivity contribution in [1.82, 2.24) is 9.55 Å². The van der Waals surface area contributed by atoms with Crippen LogP contribution in [-0.4, -0.2) is 22.8 Å². The highest BCUT2D eigenvalue weighted by molar-refractivity contribution is 5.77. The van der Waals surface area contributed by atoms with Gasteiger partial charge in [0.15, 0.2) is 0 Å². The van der Waals surface area contributed by atoms with Gasteiger partial charge in [-0.15, -0.1) is 0 Å². The molecular formula is C16H22N2O. The number of rotatable bonds is 2. The molecule has 19 heavy (non-hydrogen) atoms. The molecule has 3 rings (SSSR count). The zero-order chi connectivity index (χ0) is 13.4. The maximum atomic E-state index is 5.48. The predicted molar refractivity (Wildman–Crippen MR) is 77.6 cm³/mol. The molecule has 0 unspecified atom stereocenters. The second-order valence-electron chi connectivity index (χ2n) is 5.78. The number of fused-ring (bicyclic) bond motifs is 1. The molecule has 102 valence electrons. The summed E-state index contributed by atoms with van der Waals surface area (Å²) in [5, 5.41) is 0. The van der Waals surface area contributed by atoms with Crippen molar-refractivity contribution in [3.63, 3.8) is 0 Å². The van der Waals surface area contributed by atoms with Crippen molar-refractivity contribution in [1.29, 1.82) is 0 Å². The lowest BCUT2D eigenvalue weighted by Crippen LogP contribution is -2.20. The number of benzene rings is 1. The fraction of sp³-hybridized carbons (Fsp3) is 0.562. The summed E-state index contributed by atoms with van der Waals surface area (Å²) in [7, 11) is 0. The SMILES string of the molecule is Cc1nc2ccc(C(C)C)cc2n1C1CCOCC1. The van der Waals surface area contributed by atoms with Crippen molar-refractivity contribution in [3.8, 4) is 0 Å². The van der Waals surface area contributed by atoms with Crippen LogP contribution in [0, 0.1) is 6.92 Å². The van der Waals surface area contributed by atoms with E-state index in [9.17, 15) is 0 Å². The lowest BCUT2D eigenvalue weighted by Gasteiger charge is -2.25. The number of hydrogen-bond donors (Lipinski definition) is 0. The number of aromatic nitrogens is 2. The van der Waals surface area contributed by atoms with Gasteiger partial charge < -0.3 is 9.30 Å². The van der Waals surface area contributed by atoms with Gasteiger partial charge in [0.05, 0.1) is 11.0 Å². The minimum Gasteiger partial charge on any atom is -0.381 e. The van der Waals surface area contributed by atoms with Gasteiger partial charge in [-0.25, -0.2) is 4.98 Å². The Morgan fingerprint density at radius 1 is 1.26 bits per heavy atom. The van der Waals surface area contributed by atoms with Crippen LogP contribution in [0.5, 0.6) is 0 Å². The summed E-state index contributed by atoms with van der Waals surface area (Å²) < 4.78 is 7.90. The van der Waals surface area contributed by atoms with E-state index in [4.69, 9.17) is 9.72 Å². The van der Waals surface area contributed by atoms with E-state index in [-0.39, 0.29) is 0 Å². The van der Waals surface area contributed by atoms with Crippen LogP contribution >= 0.6 is 0 Å². The number of ether oxygens (including phenoxy) is 1. The molecule has 0 radical (unpaired) electrons. The smallest absolute Gasteiger partial charge is 0.106 e. The van der Waals surface area contributed by atoms with Crippen molar-refractivity contribution in [3.05, 3.63) is 29.6 Å². The standard InChI is InChI=1S/C16H22N2O/c1-11(2)13-4-5-15-16(10-13)18(12(3)17-15)14-6-8-19-9-7-14/h4-5,10-11,14H,6-9H2,1-3H3. The minimum atomic E-state index is 0.543. The van der Waals surface area contributed by atoms with Crippen LogP contribution < -0.4 is 0 Å². The van der Waals surface area contributed by atoms with Gasteiger partial charge in [-0.05, 0) is 43.4 Å². The average Bonchev–Trinajstić information content (AvgIpc) is 2.74. The molecule has 0 spiro atoms. The second kappa shape index (κ2) is 4.97. The van der Waals surface area contributed by atoms with Crippen LogP contribution in [0.2, 0.25) is 0 Å². The van der Waals surface area contributed by atoms with E-state index in [1.165, 1.54) is 11.1 Å². The molecule has 3 heteroatoms. The van der Waals surface area contributed by atoms with Crippen molar-refractivity contribution < 1.29 is 4.74 Å². The van der Waals surface area contributed by atoms with E-state index in [1.54, 1.807) is 0 Å². The van der Waals surface area contributed by atoms with Gasteiger partial charge >= 0.3 is 0 Å². The van der Waals surface area contributed by atoms with E-state index in [1.807, 2.05) is 0 Å². The van der Waals surface area contributed by atoms with Gasteiger partial charge in [0.1, 0.15) is 5.82 Å². The third kappa shape index (κ3) is 2.27. The lowest BCUT2D eigenvalue weighted by atomic mass is 10.0. The van der Waals surface area contributed by atoms with Gasteiger partial charge in [0, 0.05) is 19.3 Å². The molecule has 1 saturated heterocycles. The third-order valence-electron chi connectivity index (χ3n) is 4.11. The first kappa shape index (κ1) is 12.7. The molecule has 1 aliphatic heterocycles. The summed E-state index contributed by atoms with van der Waals surface area (Å²) >= 11 is 0. The van der Waals surface area contributed by atoms with Gasteiger partial charge in [0.2, 0.25) is 0 Å². The quantitative estimate of drug-likeness (QED) is 0.818. The molecule has 0 bridgehead atoms. The second-order valence-corrected chi connectivity index (χ2v) is 5.78. The predicted octanol–water partition coefficient (Wildman–Crippen LogP) is 3.82. The van der Waals surface area contributed by atoms with Gasteiger partial charge in [-0.2, -0.15) is 0 Å². The van der Waals surface area contributed by atoms with Gasteiger partial charge in [-0.3, -0.25) is 0 Å². The van der Waals surface area contributed by atoms with Crippen molar-refractivity contribution in [2.24, 2.45) is 0 Å². The van der Waals surface area contributed by atoms with Crippen LogP contribution in [-0.2, 0) is 4.74 Å². The van der Waals surface area contributed by atoms with Crippen LogP contribution in [0.3, 0.4) is 0 Å². The van der Waals surface area contributed by atoms with Crippen LogP contribution in [0.25, 0.3) is 11.0 Å². The molecule has 2 heterocycles. The molecule has 1 fully saturated rings. The number of hydrogen-bond acceptors (Lipinski definition) is 2. The lowest BCUT2D eigenvalue weighted by molar-refractivity contribution is 0.0701. The Balaban J connectivity index is 2.10. The Hall–Kier alpha value is -1.35. The monoisotopic (exact) mass is 258 g/mol. The molecule has 1 aromatic carbocycles. The Bertz CT molecular complexity index is 580. The summed E-state index contributed by atoms with van der Waals surface area (Å²) in [6.07, 6.45) is 2.19. The minimum absolute atomic E-state index is 0.543. The molecule has 0 amide bonds. The van der Waals surface area contributed by atoms with Crippen LogP contribution in [0.4, 0.5) is 0 Å². The first-order chi connectivity index (χ1) is 9.16. The van der Waals surface area contributed by atoms with E-state index in [0.29, 0.717) is 12.0 Å². The van der Waals surface area contributed by atoms with Gasteiger partial charge in [0.25, 0.3) is 0 Å². The van der Waals surface area contributed by atoms with Crippen LogP contribution in [0.1, 0.15) is 50.0 Å². The fourth-order valence-electron chi connectivity index (χ4n) is 2.99. The highest BCUT2D eigenvalue weighted by atomic mass is 16.5. The molecule has 0 saturated carbocycles. The fourth-order valence-corrected chi connectivity index (χ4v) is 2.99. The van der Waals surface area contributed by atoms with Gasteiger partial charge in [-0.1, -0.05) is 19.9 Å². The Labute approximate surface area is 114 Å². The van der Waals surface area contributed by atoms with E-state index < -0.39 is 0 Å². The highest BCUT2D eigenvalue weighted by Gasteiger charge is 2.20. The summed E-state index contributed by atoms with van der Waals surface area (Å²) in [6, 6.07) is 7.22. The summed E-state index contributed by atoms with van der Waals surface area (Å²) in [4.78, 5) is 4.71.